The third kappa shape index (κ3) is 4.59. The summed E-state index contributed by atoms with van der Waals surface area (Å²) in [5, 5.41) is 8.89. The molecular formula is C20H22FN3O. The Kier molecular flexibility index (Phi) is 5.33. The van der Waals surface area contributed by atoms with Crippen molar-refractivity contribution in [2.75, 3.05) is 17.7 Å². The van der Waals surface area contributed by atoms with Crippen LogP contribution in [0.15, 0.2) is 54.6 Å². The van der Waals surface area contributed by atoms with Crippen LogP contribution in [0.1, 0.15) is 24.8 Å². The number of halogens is 1. The monoisotopic (exact) mass is 339 g/mol. The Morgan fingerprint density at radius 1 is 1.04 bits per heavy atom. The number of carbonyl (C=O) groups is 1. The normalized spacial score (nSPS) is 16.7. The molecule has 2 aromatic carbocycles. The molecule has 0 saturated heterocycles. The summed E-state index contributed by atoms with van der Waals surface area (Å²) in [5.74, 6) is -0.223. The van der Waals surface area contributed by atoms with Crippen LogP contribution in [0.25, 0.3) is 5.57 Å². The maximum Gasteiger partial charge on any atom is 0.319 e. The highest BCUT2D eigenvalue weighted by atomic mass is 19.1. The van der Waals surface area contributed by atoms with Crippen LogP contribution in [0.2, 0.25) is 0 Å². The van der Waals surface area contributed by atoms with Gasteiger partial charge < -0.3 is 16.0 Å². The van der Waals surface area contributed by atoms with E-state index in [1.807, 2.05) is 31.3 Å². The molecule has 1 unspecified atom stereocenters. The Hall–Kier alpha value is -2.82. The molecule has 1 aliphatic carbocycles. The van der Waals surface area contributed by atoms with Crippen molar-refractivity contribution in [1.82, 2.24) is 5.32 Å². The van der Waals surface area contributed by atoms with E-state index in [-0.39, 0.29) is 17.9 Å². The van der Waals surface area contributed by atoms with Gasteiger partial charge in [0.2, 0.25) is 0 Å². The molecule has 3 N–H and O–H groups in total. The minimum Gasteiger partial charge on any atom is -0.388 e. The molecule has 0 saturated carbocycles. The SMILES string of the molecule is CNc1ccc(NC(=O)NC2CC=C(c3ccc(F)cc3)CC2)cc1. The highest BCUT2D eigenvalue weighted by Gasteiger charge is 2.17. The van der Waals surface area contributed by atoms with Crippen LogP contribution in [-0.4, -0.2) is 19.1 Å². The van der Waals surface area contributed by atoms with E-state index in [1.54, 1.807) is 12.1 Å². The highest BCUT2D eigenvalue weighted by Crippen LogP contribution is 2.27. The molecule has 0 radical (unpaired) electrons. The van der Waals surface area contributed by atoms with Gasteiger partial charge in [-0.25, -0.2) is 9.18 Å². The Morgan fingerprint density at radius 2 is 1.72 bits per heavy atom. The van der Waals surface area contributed by atoms with Gasteiger partial charge in [0.1, 0.15) is 5.82 Å². The Morgan fingerprint density at radius 3 is 2.32 bits per heavy atom. The lowest BCUT2D eigenvalue weighted by molar-refractivity contribution is 0.247. The number of allylic oxidation sites excluding steroid dienone is 1. The summed E-state index contributed by atoms with van der Waals surface area (Å²) >= 11 is 0. The topological polar surface area (TPSA) is 53.2 Å². The summed E-state index contributed by atoms with van der Waals surface area (Å²) in [6.45, 7) is 0. The van der Waals surface area contributed by atoms with Crippen molar-refractivity contribution in [2.45, 2.75) is 25.3 Å². The number of hydrogen-bond donors (Lipinski definition) is 3. The minimum atomic E-state index is -0.223. The molecule has 130 valence electrons. The Bertz CT molecular complexity index is 754. The number of benzene rings is 2. The predicted octanol–water partition coefficient (Wildman–Crippen LogP) is 4.63. The lowest BCUT2D eigenvalue weighted by Crippen LogP contribution is -2.38. The van der Waals surface area contributed by atoms with Gasteiger partial charge in [-0.3, -0.25) is 0 Å². The number of rotatable bonds is 4. The van der Waals surface area contributed by atoms with Gasteiger partial charge in [0.25, 0.3) is 0 Å². The molecule has 5 heteroatoms. The van der Waals surface area contributed by atoms with Crippen LogP contribution in [0, 0.1) is 5.82 Å². The van der Waals surface area contributed by atoms with Crippen LogP contribution >= 0.6 is 0 Å². The summed E-state index contributed by atoms with van der Waals surface area (Å²) in [5.41, 5.74) is 4.02. The van der Waals surface area contributed by atoms with Gasteiger partial charge in [0.15, 0.2) is 0 Å². The molecular weight excluding hydrogens is 317 g/mol. The van der Waals surface area contributed by atoms with Gasteiger partial charge in [0.05, 0.1) is 0 Å². The van der Waals surface area contributed by atoms with Gasteiger partial charge in [-0.15, -0.1) is 0 Å². The van der Waals surface area contributed by atoms with Crippen LogP contribution < -0.4 is 16.0 Å². The molecule has 3 rings (SSSR count). The van der Waals surface area contributed by atoms with E-state index in [4.69, 9.17) is 0 Å². The molecule has 1 atom stereocenters. The quantitative estimate of drug-likeness (QED) is 0.761. The minimum absolute atomic E-state index is 0.112. The molecule has 0 aromatic heterocycles. The van der Waals surface area contributed by atoms with Gasteiger partial charge >= 0.3 is 6.03 Å². The van der Waals surface area contributed by atoms with Gasteiger partial charge in [-0.1, -0.05) is 18.2 Å². The molecule has 2 aromatic rings. The zero-order valence-corrected chi connectivity index (χ0v) is 14.2. The summed E-state index contributed by atoms with van der Waals surface area (Å²) in [6, 6.07) is 14.0. The fraction of sp³-hybridized carbons (Fsp3) is 0.250. The van der Waals surface area contributed by atoms with Gasteiger partial charge in [-0.05, 0) is 66.8 Å². The van der Waals surface area contributed by atoms with E-state index in [1.165, 1.54) is 17.7 Å². The largest absolute Gasteiger partial charge is 0.388 e. The third-order valence-corrected chi connectivity index (χ3v) is 4.39. The zero-order chi connectivity index (χ0) is 17.6. The number of anilines is 2. The van der Waals surface area contributed by atoms with Crippen LogP contribution in [0.3, 0.4) is 0 Å². The Balaban J connectivity index is 1.52. The van der Waals surface area contributed by atoms with E-state index >= 15 is 0 Å². The molecule has 0 bridgehead atoms. The van der Waals surface area contributed by atoms with Crippen molar-refractivity contribution in [3.63, 3.8) is 0 Å². The molecule has 0 spiro atoms. The van der Waals surface area contributed by atoms with E-state index in [0.29, 0.717) is 0 Å². The van der Waals surface area contributed by atoms with Crippen molar-refractivity contribution in [3.8, 4) is 0 Å². The number of nitrogens with one attached hydrogen (secondary N) is 3. The summed E-state index contributed by atoms with van der Waals surface area (Å²) < 4.78 is 13.0. The lowest BCUT2D eigenvalue weighted by atomic mass is 9.91. The third-order valence-electron chi connectivity index (χ3n) is 4.39. The van der Waals surface area contributed by atoms with Gasteiger partial charge in [-0.2, -0.15) is 0 Å². The van der Waals surface area contributed by atoms with E-state index < -0.39 is 0 Å². The van der Waals surface area contributed by atoms with E-state index in [2.05, 4.69) is 22.0 Å². The fourth-order valence-electron chi connectivity index (χ4n) is 2.96. The van der Waals surface area contributed by atoms with Crippen molar-refractivity contribution in [2.24, 2.45) is 0 Å². The predicted molar refractivity (Wildman–Crippen MR) is 100 cm³/mol. The number of urea groups is 1. The first kappa shape index (κ1) is 17.0. The number of hydrogen-bond acceptors (Lipinski definition) is 2. The molecule has 0 fully saturated rings. The molecule has 2 amide bonds. The molecule has 1 aliphatic rings. The van der Waals surface area contributed by atoms with E-state index in [0.717, 1.165) is 36.2 Å². The summed E-state index contributed by atoms with van der Waals surface area (Å²) in [7, 11) is 1.85. The fourth-order valence-corrected chi connectivity index (χ4v) is 2.96. The average Bonchev–Trinajstić information content (AvgIpc) is 2.64. The number of carbonyl (C=O) groups excluding carboxylic acids is 1. The van der Waals surface area contributed by atoms with Crippen molar-refractivity contribution < 1.29 is 9.18 Å². The first-order valence-electron chi connectivity index (χ1n) is 8.44. The van der Waals surface area contributed by atoms with Crippen LogP contribution in [0.4, 0.5) is 20.6 Å². The first-order valence-corrected chi connectivity index (χ1v) is 8.44. The van der Waals surface area contributed by atoms with Crippen LogP contribution in [-0.2, 0) is 0 Å². The Labute approximate surface area is 147 Å². The first-order chi connectivity index (χ1) is 12.1. The smallest absolute Gasteiger partial charge is 0.319 e. The highest BCUT2D eigenvalue weighted by molar-refractivity contribution is 5.89. The van der Waals surface area contributed by atoms with Crippen molar-refractivity contribution >= 4 is 23.0 Å². The summed E-state index contributed by atoms with van der Waals surface area (Å²) in [6.07, 6.45) is 4.64. The summed E-state index contributed by atoms with van der Waals surface area (Å²) in [4.78, 5) is 12.1. The molecule has 4 nitrogen and oxygen atoms in total. The average molecular weight is 339 g/mol. The lowest BCUT2D eigenvalue weighted by Gasteiger charge is -2.23. The van der Waals surface area contributed by atoms with Crippen molar-refractivity contribution in [3.05, 3.63) is 66.0 Å². The molecule has 0 aliphatic heterocycles. The molecule has 0 heterocycles. The van der Waals surface area contributed by atoms with Gasteiger partial charge in [0, 0.05) is 24.5 Å². The second-order valence-electron chi connectivity index (χ2n) is 6.13. The zero-order valence-electron chi connectivity index (χ0n) is 14.2. The van der Waals surface area contributed by atoms with Crippen LogP contribution in [0.5, 0.6) is 0 Å². The second kappa shape index (κ2) is 7.83. The second-order valence-corrected chi connectivity index (χ2v) is 6.13. The maximum atomic E-state index is 13.0. The molecule has 25 heavy (non-hydrogen) atoms. The van der Waals surface area contributed by atoms with E-state index in [9.17, 15) is 9.18 Å². The van der Waals surface area contributed by atoms with Crippen molar-refractivity contribution in [1.29, 1.82) is 0 Å². The number of amides is 2. The maximum absolute atomic E-state index is 13.0. The standard InChI is InChI=1S/C20H22FN3O/c1-22-17-10-12-19(13-11-17)24-20(25)23-18-8-4-15(5-9-18)14-2-6-16(21)7-3-14/h2-4,6-7,10-13,18,22H,5,8-9H2,1H3,(H2,23,24,25).